The highest BCUT2D eigenvalue weighted by Crippen LogP contribution is 2.33. The summed E-state index contributed by atoms with van der Waals surface area (Å²) in [5.41, 5.74) is 5.40. The highest BCUT2D eigenvalue weighted by Gasteiger charge is 2.43. The number of pyridine rings is 1. The minimum atomic E-state index is -0.873. The second-order valence-electron chi connectivity index (χ2n) is 8.78. The third-order valence-corrected chi connectivity index (χ3v) is 6.84. The first-order valence-electron chi connectivity index (χ1n) is 11.5. The summed E-state index contributed by atoms with van der Waals surface area (Å²) in [6.07, 6.45) is -0.155. The van der Waals surface area contributed by atoms with Crippen LogP contribution in [-0.2, 0) is 9.47 Å². The van der Waals surface area contributed by atoms with E-state index in [1.54, 1.807) is 6.07 Å². The van der Waals surface area contributed by atoms with Gasteiger partial charge < -0.3 is 29.4 Å². The minimum absolute atomic E-state index is 0.0650. The molecular weight excluding hydrogens is 470 g/mol. The average molecular weight is 494 g/mol. The Balaban J connectivity index is 1.22. The summed E-state index contributed by atoms with van der Waals surface area (Å²) in [5, 5.41) is 19.4. The SMILES string of the molecule is OCC(O)c1ccc(-c2ccc(-c3nc4nc(O[C@@H]5COC6CCO[C@@H]65)[nH]c4cc3Cl)cc2)cc1. The summed E-state index contributed by atoms with van der Waals surface area (Å²) in [6, 6.07) is 17.5. The van der Waals surface area contributed by atoms with Gasteiger partial charge in [0, 0.05) is 12.2 Å². The lowest BCUT2D eigenvalue weighted by Crippen LogP contribution is -2.32. The van der Waals surface area contributed by atoms with Crippen molar-refractivity contribution in [3.8, 4) is 28.4 Å². The molecule has 9 heteroatoms. The average Bonchev–Trinajstić information content (AvgIpc) is 3.60. The molecule has 0 amide bonds. The molecule has 2 aliphatic heterocycles. The number of aromatic amines is 1. The number of halogens is 1. The van der Waals surface area contributed by atoms with Crippen molar-refractivity contribution < 1.29 is 24.4 Å². The van der Waals surface area contributed by atoms with Crippen LogP contribution in [0.25, 0.3) is 33.5 Å². The van der Waals surface area contributed by atoms with Gasteiger partial charge in [-0.25, -0.2) is 4.98 Å². The first-order valence-corrected chi connectivity index (χ1v) is 11.9. The van der Waals surface area contributed by atoms with Gasteiger partial charge in [0.25, 0.3) is 6.01 Å². The van der Waals surface area contributed by atoms with Crippen molar-refractivity contribution in [2.45, 2.75) is 30.8 Å². The molecule has 6 rings (SSSR count). The summed E-state index contributed by atoms with van der Waals surface area (Å²) in [5.74, 6) is 0. The van der Waals surface area contributed by atoms with Gasteiger partial charge in [-0.2, -0.15) is 4.98 Å². The van der Waals surface area contributed by atoms with Crippen molar-refractivity contribution in [1.82, 2.24) is 15.0 Å². The third kappa shape index (κ3) is 4.28. The fourth-order valence-corrected chi connectivity index (χ4v) is 4.91. The smallest absolute Gasteiger partial charge is 0.296 e. The lowest BCUT2D eigenvalue weighted by atomic mass is 10.00. The number of hydrogen-bond acceptors (Lipinski definition) is 7. The van der Waals surface area contributed by atoms with Crippen LogP contribution in [0, 0.1) is 0 Å². The molecule has 2 aromatic carbocycles. The molecule has 0 spiro atoms. The van der Waals surface area contributed by atoms with E-state index < -0.39 is 6.10 Å². The Morgan fingerprint density at radius 3 is 2.49 bits per heavy atom. The highest BCUT2D eigenvalue weighted by molar-refractivity contribution is 6.33. The largest absolute Gasteiger partial charge is 0.456 e. The van der Waals surface area contributed by atoms with Crippen LogP contribution in [0.15, 0.2) is 54.6 Å². The van der Waals surface area contributed by atoms with Gasteiger partial charge in [-0.3, -0.25) is 0 Å². The Morgan fingerprint density at radius 1 is 1.03 bits per heavy atom. The maximum atomic E-state index is 9.77. The van der Waals surface area contributed by atoms with Crippen molar-refractivity contribution in [1.29, 1.82) is 0 Å². The molecule has 2 aliphatic rings. The summed E-state index contributed by atoms with van der Waals surface area (Å²) in [7, 11) is 0. The topological polar surface area (TPSA) is 110 Å². The van der Waals surface area contributed by atoms with Gasteiger partial charge in [0.1, 0.15) is 12.2 Å². The van der Waals surface area contributed by atoms with E-state index in [1.807, 2.05) is 48.5 Å². The second kappa shape index (κ2) is 9.22. The van der Waals surface area contributed by atoms with Crippen LogP contribution in [0.4, 0.5) is 0 Å². The van der Waals surface area contributed by atoms with Crippen molar-refractivity contribution in [2.75, 3.05) is 19.8 Å². The Labute approximate surface area is 206 Å². The molecule has 4 heterocycles. The molecule has 2 fully saturated rings. The number of fused-ring (bicyclic) bond motifs is 2. The summed E-state index contributed by atoms with van der Waals surface area (Å²) < 4.78 is 17.5. The number of nitrogens with one attached hydrogen (secondary N) is 1. The standard InChI is InChI=1S/C26H24ClN3O5/c27-18-11-19-25(30-26(28-19)35-22-13-34-21-9-10-33-24(21)22)29-23(18)17-7-3-15(4-8-17)14-1-5-16(6-2-14)20(32)12-31/h1-8,11,20-22,24,31-32H,9-10,12-13H2,(H,28,29,30)/t20?,21?,22-,24+/m1/s1. The van der Waals surface area contributed by atoms with Crippen LogP contribution in [-0.4, -0.2) is 63.3 Å². The number of benzene rings is 2. The van der Waals surface area contributed by atoms with Gasteiger partial charge in [0.15, 0.2) is 11.8 Å². The minimum Gasteiger partial charge on any atom is -0.456 e. The fraction of sp³-hybridized carbons (Fsp3) is 0.308. The molecule has 2 saturated heterocycles. The molecule has 35 heavy (non-hydrogen) atoms. The first-order chi connectivity index (χ1) is 17.1. The first kappa shape index (κ1) is 22.5. The maximum Gasteiger partial charge on any atom is 0.296 e. The lowest BCUT2D eigenvalue weighted by molar-refractivity contribution is 0.0273. The zero-order chi connectivity index (χ0) is 23.9. The number of aliphatic hydroxyl groups excluding tert-OH is 2. The van der Waals surface area contributed by atoms with Crippen LogP contribution < -0.4 is 4.74 Å². The molecule has 0 saturated carbocycles. The summed E-state index contributed by atoms with van der Waals surface area (Å²) in [6.45, 7) is 0.857. The van der Waals surface area contributed by atoms with E-state index in [1.165, 1.54) is 0 Å². The van der Waals surface area contributed by atoms with E-state index in [-0.39, 0.29) is 24.9 Å². The molecule has 2 aromatic heterocycles. The number of imidazole rings is 1. The second-order valence-corrected chi connectivity index (χ2v) is 9.19. The molecular formula is C26H24ClN3O5. The molecule has 2 unspecified atom stereocenters. The van der Waals surface area contributed by atoms with Gasteiger partial charge >= 0.3 is 0 Å². The molecule has 4 atom stereocenters. The number of hydrogen-bond donors (Lipinski definition) is 3. The van der Waals surface area contributed by atoms with Crippen LogP contribution >= 0.6 is 11.6 Å². The molecule has 0 aliphatic carbocycles. The normalized spacial score (nSPS) is 22.4. The number of aliphatic hydroxyl groups is 2. The van der Waals surface area contributed by atoms with Crippen molar-refractivity contribution in [3.63, 3.8) is 0 Å². The van der Waals surface area contributed by atoms with Gasteiger partial charge in [-0.1, -0.05) is 60.1 Å². The van der Waals surface area contributed by atoms with Crippen LogP contribution in [0.5, 0.6) is 6.01 Å². The Bertz CT molecular complexity index is 1340. The van der Waals surface area contributed by atoms with E-state index in [0.717, 1.165) is 23.1 Å². The van der Waals surface area contributed by atoms with Crippen molar-refractivity contribution in [3.05, 3.63) is 65.2 Å². The van der Waals surface area contributed by atoms with Crippen molar-refractivity contribution in [2.24, 2.45) is 0 Å². The summed E-state index contributed by atoms with van der Waals surface area (Å²) in [4.78, 5) is 12.3. The van der Waals surface area contributed by atoms with Gasteiger partial charge in [-0.05, 0) is 29.2 Å². The Kier molecular flexibility index (Phi) is 5.91. The zero-order valence-corrected chi connectivity index (χ0v) is 19.5. The van der Waals surface area contributed by atoms with E-state index >= 15 is 0 Å². The molecule has 180 valence electrons. The summed E-state index contributed by atoms with van der Waals surface area (Å²) >= 11 is 6.57. The Hall–Kier alpha value is -3.01. The molecule has 0 bridgehead atoms. The zero-order valence-electron chi connectivity index (χ0n) is 18.7. The van der Waals surface area contributed by atoms with Crippen LogP contribution in [0.1, 0.15) is 18.1 Å². The number of H-pyrrole nitrogens is 1. The van der Waals surface area contributed by atoms with E-state index in [4.69, 9.17) is 30.9 Å². The van der Waals surface area contributed by atoms with Gasteiger partial charge in [0.05, 0.1) is 35.6 Å². The van der Waals surface area contributed by atoms with Crippen LogP contribution in [0.2, 0.25) is 5.02 Å². The maximum absolute atomic E-state index is 9.77. The monoisotopic (exact) mass is 493 g/mol. The molecule has 4 aromatic rings. The highest BCUT2D eigenvalue weighted by atomic mass is 35.5. The van der Waals surface area contributed by atoms with Gasteiger partial charge in [0.2, 0.25) is 0 Å². The lowest BCUT2D eigenvalue weighted by Gasteiger charge is -2.15. The third-order valence-electron chi connectivity index (χ3n) is 6.55. The molecule has 3 N–H and O–H groups in total. The molecule has 8 nitrogen and oxygen atoms in total. The van der Waals surface area contributed by atoms with Crippen molar-refractivity contribution >= 4 is 22.8 Å². The van der Waals surface area contributed by atoms with E-state index in [9.17, 15) is 5.11 Å². The fourth-order valence-electron chi connectivity index (χ4n) is 4.65. The van der Waals surface area contributed by atoms with E-state index in [0.29, 0.717) is 46.7 Å². The predicted octanol–water partition coefficient (Wildman–Crippen LogP) is 3.91. The number of nitrogens with zero attached hydrogens (tertiary/aromatic N) is 2. The number of ether oxygens (including phenoxy) is 3. The number of aromatic nitrogens is 3. The van der Waals surface area contributed by atoms with Crippen LogP contribution in [0.3, 0.4) is 0 Å². The quantitative estimate of drug-likeness (QED) is 0.373. The molecule has 0 radical (unpaired) electrons. The van der Waals surface area contributed by atoms with E-state index in [2.05, 4.69) is 15.0 Å². The Morgan fingerprint density at radius 2 is 1.74 bits per heavy atom. The predicted molar refractivity (Wildman–Crippen MR) is 130 cm³/mol. The van der Waals surface area contributed by atoms with Gasteiger partial charge in [-0.15, -0.1) is 0 Å². The number of rotatable bonds is 6.